The van der Waals surface area contributed by atoms with E-state index in [2.05, 4.69) is 5.32 Å². The lowest BCUT2D eigenvalue weighted by Crippen LogP contribution is -2.41. The van der Waals surface area contributed by atoms with Gasteiger partial charge in [0.2, 0.25) is 5.91 Å². The lowest BCUT2D eigenvalue weighted by atomic mass is 10.2. The highest BCUT2D eigenvalue weighted by atomic mass is 32.1. The summed E-state index contributed by atoms with van der Waals surface area (Å²) in [4.78, 5) is 38.7. The highest BCUT2D eigenvalue weighted by Crippen LogP contribution is 2.23. The highest BCUT2D eigenvalue weighted by molar-refractivity contribution is 7.17. The van der Waals surface area contributed by atoms with Gasteiger partial charge in [-0.2, -0.15) is 0 Å². The first-order chi connectivity index (χ1) is 15.0. The molecule has 0 atom stereocenters. The van der Waals surface area contributed by atoms with Crippen LogP contribution in [0.3, 0.4) is 0 Å². The first kappa shape index (κ1) is 20.5. The summed E-state index contributed by atoms with van der Waals surface area (Å²) in [5.74, 6) is -0.355. The zero-order valence-corrected chi connectivity index (χ0v) is 17.3. The third kappa shape index (κ3) is 4.13. The maximum Gasteiger partial charge on any atom is 0.332 e. The van der Waals surface area contributed by atoms with Crippen molar-refractivity contribution in [2.24, 2.45) is 0 Å². The van der Waals surface area contributed by atoms with Gasteiger partial charge in [-0.05, 0) is 41.3 Å². The minimum atomic E-state index is -0.615. The van der Waals surface area contributed by atoms with Gasteiger partial charge < -0.3 is 10.1 Å². The number of anilines is 1. The molecule has 0 aliphatic heterocycles. The van der Waals surface area contributed by atoms with Crippen molar-refractivity contribution in [3.63, 3.8) is 0 Å². The first-order valence-electron chi connectivity index (χ1n) is 9.36. The predicted octanol–water partition coefficient (Wildman–Crippen LogP) is 3.06. The van der Waals surface area contributed by atoms with Gasteiger partial charge in [0.15, 0.2) is 0 Å². The van der Waals surface area contributed by atoms with Crippen molar-refractivity contribution in [1.82, 2.24) is 9.13 Å². The number of rotatable bonds is 6. The molecular formula is C22H18FN3O4S. The van der Waals surface area contributed by atoms with E-state index in [4.69, 9.17) is 4.74 Å². The topological polar surface area (TPSA) is 82.3 Å². The number of hydrogen-bond donors (Lipinski definition) is 1. The van der Waals surface area contributed by atoms with Crippen molar-refractivity contribution in [2.75, 3.05) is 12.4 Å². The summed E-state index contributed by atoms with van der Waals surface area (Å²) < 4.78 is 21.1. The van der Waals surface area contributed by atoms with Crippen LogP contribution < -0.4 is 21.3 Å². The zero-order valence-electron chi connectivity index (χ0n) is 16.5. The highest BCUT2D eigenvalue weighted by Gasteiger charge is 2.17. The van der Waals surface area contributed by atoms with E-state index >= 15 is 0 Å². The number of amides is 1. The minimum absolute atomic E-state index is 0.0279. The van der Waals surface area contributed by atoms with Crippen LogP contribution in [0.2, 0.25) is 0 Å². The van der Waals surface area contributed by atoms with Crippen molar-refractivity contribution in [3.8, 4) is 5.75 Å². The summed E-state index contributed by atoms with van der Waals surface area (Å²) in [5, 5.41) is 4.43. The van der Waals surface area contributed by atoms with E-state index in [1.54, 1.807) is 35.7 Å². The molecule has 0 fully saturated rings. The monoisotopic (exact) mass is 439 g/mol. The van der Waals surface area contributed by atoms with E-state index in [9.17, 15) is 18.8 Å². The maximum atomic E-state index is 13.2. The summed E-state index contributed by atoms with van der Waals surface area (Å²) in [7, 11) is 1.50. The number of aromatic nitrogens is 2. The molecule has 0 bridgehead atoms. The third-order valence-corrected chi connectivity index (χ3v) is 5.66. The van der Waals surface area contributed by atoms with E-state index < -0.39 is 23.0 Å². The quantitative estimate of drug-likeness (QED) is 0.501. The van der Waals surface area contributed by atoms with Crippen molar-refractivity contribution in [1.29, 1.82) is 0 Å². The Balaban J connectivity index is 1.71. The normalized spacial score (nSPS) is 10.9. The van der Waals surface area contributed by atoms with E-state index in [0.717, 1.165) is 4.57 Å². The summed E-state index contributed by atoms with van der Waals surface area (Å²) in [6.45, 7) is -0.312. The molecule has 2 aromatic heterocycles. The van der Waals surface area contributed by atoms with Crippen LogP contribution in [-0.4, -0.2) is 22.2 Å². The molecule has 1 amide bonds. The van der Waals surface area contributed by atoms with Gasteiger partial charge in [-0.25, -0.2) is 9.18 Å². The number of fused-ring (bicyclic) bond motifs is 1. The maximum absolute atomic E-state index is 13.2. The molecule has 158 valence electrons. The molecule has 31 heavy (non-hydrogen) atoms. The number of carbonyl (C=O) groups excluding carboxylic acids is 1. The molecule has 0 unspecified atom stereocenters. The Labute approximate surface area is 180 Å². The number of carbonyl (C=O) groups is 1. The Hall–Kier alpha value is -3.72. The molecule has 7 nitrogen and oxygen atoms in total. The molecule has 0 radical (unpaired) electrons. The van der Waals surface area contributed by atoms with Crippen molar-refractivity contribution >= 4 is 33.1 Å². The standard InChI is InChI=1S/C22H18FN3O4S/c1-30-18-5-3-2-4-16(18)24-19(27)13-25-17-10-11-31-20(17)21(28)26(22(25)29)12-14-6-8-15(23)9-7-14/h2-11H,12-13H2,1H3,(H,24,27). The van der Waals surface area contributed by atoms with Gasteiger partial charge in [0.25, 0.3) is 5.56 Å². The lowest BCUT2D eigenvalue weighted by molar-refractivity contribution is -0.116. The van der Waals surface area contributed by atoms with Gasteiger partial charge >= 0.3 is 5.69 Å². The number of thiophene rings is 1. The number of halogens is 1. The average Bonchev–Trinajstić information content (AvgIpc) is 3.26. The fraction of sp³-hybridized carbons (Fsp3) is 0.136. The van der Waals surface area contributed by atoms with Crippen molar-refractivity contribution in [2.45, 2.75) is 13.1 Å². The Morgan fingerprint density at radius 2 is 1.81 bits per heavy atom. The number of benzene rings is 2. The smallest absolute Gasteiger partial charge is 0.332 e. The summed E-state index contributed by atoms with van der Waals surface area (Å²) in [5.41, 5.74) is 0.410. The van der Waals surface area contributed by atoms with Crippen LogP contribution in [0, 0.1) is 5.82 Å². The minimum Gasteiger partial charge on any atom is -0.495 e. The zero-order chi connectivity index (χ0) is 22.0. The molecule has 0 spiro atoms. The third-order valence-electron chi connectivity index (χ3n) is 4.77. The second kappa shape index (κ2) is 8.57. The molecule has 1 N–H and O–H groups in total. The van der Waals surface area contributed by atoms with Gasteiger partial charge in [-0.1, -0.05) is 24.3 Å². The van der Waals surface area contributed by atoms with Gasteiger partial charge in [-0.3, -0.25) is 18.7 Å². The van der Waals surface area contributed by atoms with Crippen LogP contribution in [-0.2, 0) is 17.9 Å². The summed E-state index contributed by atoms with van der Waals surface area (Å²) >= 11 is 1.20. The number of hydrogen-bond acceptors (Lipinski definition) is 5. The van der Waals surface area contributed by atoms with Crippen LogP contribution in [0.4, 0.5) is 10.1 Å². The van der Waals surface area contributed by atoms with Crippen LogP contribution in [0.25, 0.3) is 10.2 Å². The molecule has 4 aromatic rings. The molecule has 0 saturated carbocycles. The number of nitrogens with zero attached hydrogens (tertiary/aromatic N) is 2. The molecule has 9 heteroatoms. The predicted molar refractivity (Wildman–Crippen MR) is 117 cm³/mol. The van der Waals surface area contributed by atoms with Crippen molar-refractivity contribution in [3.05, 3.63) is 92.2 Å². The SMILES string of the molecule is COc1ccccc1NC(=O)Cn1c(=O)n(Cc2ccc(F)cc2)c(=O)c2sccc21. The fourth-order valence-corrected chi connectivity index (χ4v) is 4.12. The largest absolute Gasteiger partial charge is 0.495 e. The second-order valence-corrected chi connectivity index (χ2v) is 7.69. The summed E-state index contributed by atoms with van der Waals surface area (Å²) in [6.07, 6.45) is 0. The number of ether oxygens (including phenoxy) is 1. The lowest BCUT2D eigenvalue weighted by Gasteiger charge is -2.13. The Morgan fingerprint density at radius 1 is 1.06 bits per heavy atom. The van der Waals surface area contributed by atoms with Crippen LogP contribution in [0.1, 0.15) is 5.56 Å². The Bertz CT molecular complexity index is 1370. The Morgan fingerprint density at radius 3 is 2.55 bits per heavy atom. The van der Waals surface area contributed by atoms with Crippen molar-refractivity contribution < 1.29 is 13.9 Å². The molecule has 0 aliphatic carbocycles. The average molecular weight is 439 g/mol. The van der Waals surface area contributed by atoms with E-state index in [-0.39, 0.29) is 13.1 Å². The van der Waals surface area contributed by atoms with E-state index in [1.165, 1.54) is 47.3 Å². The van der Waals surface area contributed by atoms with E-state index in [0.29, 0.717) is 27.2 Å². The van der Waals surface area contributed by atoms with E-state index in [1.807, 2.05) is 0 Å². The second-order valence-electron chi connectivity index (χ2n) is 6.77. The van der Waals surface area contributed by atoms with Gasteiger partial charge in [0.05, 0.1) is 24.9 Å². The van der Waals surface area contributed by atoms with Crippen LogP contribution in [0.5, 0.6) is 5.75 Å². The molecule has 0 aliphatic rings. The van der Waals surface area contributed by atoms with Gasteiger partial charge in [0, 0.05) is 0 Å². The number of methoxy groups -OCH3 is 1. The summed E-state index contributed by atoms with van der Waals surface area (Å²) in [6, 6.07) is 14.1. The Kier molecular flexibility index (Phi) is 5.68. The molecule has 2 heterocycles. The van der Waals surface area contributed by atoms with Crippen LogP contribution >= 0.6 is 11.3 Å². The van der Waals surface area contributed by atoms with Crippen LogP contribution in [0.15, 0.2) is 69.6 Å². The molecule has 4 rings (SSSR count). The first-order valence-corrected chi connectivity index (χ1v) is 10.2. The number of nitrogens with one attached hydrogen (secondary N) is 1. The fourth-order valence-electron chi connectivity index (χ4n) is 3.28. The van der Waals surface area contributed by atoms with Gasteiger partial charge in [0.1, 0.15) is 22.8 Å². The number of para-hydroxylation sites is 2. The molecular weight excluding hydrogens is 421 g/mol. The van der Waals surface area contributed by atoms with Gasteiger partial charge in [-0.15, -0.1) is 11.3 Å². The molecule has 2 aromatic carbocycles. The molecule has 0 saturated heterocycles.